The van der Waals surface area contributed by atoms with E-state index >= 15 is 0 Å². The van der Waals surface area contributed by atoms with Gasteiger partial charge in [0.05, 0.1) is 0 Å². The fourth-order valence-corrected chi connectivity index (χ4v) is 2.75. The molecular formula is C13H23N. The van der Waals surface area contributed by atoms with Crippen molar-refractivity contribution in [2.75, 3.05) is 19.6 Å². The fraction of sp³-hybridized carbons (Fsp3) is 0.846. The van der Waals surface area contributed by atoms with Gasteiger partial charge in [-0.05, 0) is 38.6 Å². The van der Waals surface area contributed by atoms with E-state index in [1.54, 1.807) is 11.1 Å². The van der Waals surface area contributed by atoms with Crippen LogP contribution in [0.3, 0.4) is 0 Å². The van der Waals surface area contributed by atoms with E-state index in [1.165, 1.54) is 64.6 Å². The molecule has 0 unspecified atom stereocenters. The van der Waals surface area contributed by atoms with Gasteiger partial charge in [-0.2, -0.15) is 0 Å². The lowest BCUT2D eigenvalue weighted by Gasteiger charge is -2.15. The molecule has 0 bridgehead atoms. The van der Waals surface area contributed by atoms with Gasteiger partial charge >= 0.3 is 0 Å². The lowest BCUT2D eigenvalue weighted by molar-refractivity contribution is 0.333. The molecule has 0 N–H and O–H groups in total. The summed E-state index contributed by atoms with van der Waals surface area (Å²) in [6.45, 7) is 6.23. The summed E-state index contributed by atoms with van der Waals surface area (Å²) in [6.07, 6.45) is 9.85. The zero-order valence-corrected chi connectivity index (χ0v) is 9.52. The standard InChI is InChI=1S/C13H23N/c1-2-3-6-9-14-10-12-7-4-5-8-13(12)11-14/h2-11H2,1H3. The van der Waals surface area contributed by atoms with E-state index in [4.69, 9.17) is 0 Å². The highest BCUT2D eigenvalue weighted by molar-refractivity contribution is 5.24. The summed E-state index contributed by atoms with van der Waals surface area (Å²) < 4.78 is 0. The Morgan fingerprint density at radius 3 is 2.21 bits per heavy atom. The van der Waals surface area contributed by atoms with Crippen LogP contribution in [0, 0.1) is 0 Å². The molecule has 0 amide bonds. The third-order valence-corrected chi connectivity index (χ3v) is 3.61. The summed E-state index contributed by atoms with van der Waals surface area (Å²) >= 11 is 0. The smallest absolute Gasteiger partial charge is 0.0199 e. The lowest BCUT2D eigenvalue weighted by atomic mass is 9.94. The Kier molecular flexibility index (Phi) is 3.63. The van der Waals surface area contributed by atoms with E-state index in [1.807, 2.05) is 0 Å². The quantitative estimate of drug-likeness (QED) is 0.489. The third-order valence-electron chi connectivity index (χ3n) is 3.61. The maximum Gasteiger partial charge on any atom is 0.0199 e. The van der Waals surface area contributed by atoms with Gasteiger partial charge in [0, 0.05) is 13.1 Å². The molecule has 1 heteroatoms. The van der Waals surface area contributed by atoms with Gasteiger partial charge in [0.1, 0.15) is 0 Å². The third kappa shape index (κ3) is 2.38. The second kappa shape index (κ2) is 4.97. The maximum absolute atomic E-state index is 2.66. The van der Waals surface area contributed by atoms with Crippen molar-refractivity contribution in [3.63, 3.8) is 0 Å². The first kappa shape index (κ1) is 10.2. The zero-order valence-electron chi connectivity index (χ0n) is 9.52. The van der Waals surface area contributed by atoms with Crippen molar-refractivity contribution in [3.8, 4) is 0 Å². The zero-order chi connectivity index (χ0) is 9.80. The van der Waals surface area contributed by atoms with Crippen molar-refractivity contribution in [2.45, 2.75) is 51.9 Å². The Hall–Kier alpha value is -0.300. The molecule has 0 atom stereocenters. The average Bonchev–Trinajstić information content (AvgIpc) is 2.60. The SMILES string of the molecule is CCCCCN1CC2=C(CCCC2)C1. The summed E-state index contributed by atoms with van der Waals surface area (Å²) in [7, 11) is 0. The summed E-state index contributed by atoms with van der Waals surface area (Å²) in [6, 6.07) is 0. The van der Waals surface area contributed by atoms with Crippen LogP contribution in [-0.2, 0) is 0 Å². The predicted octanol–water partition coefficient (Wildman–Crippen LogP) is 3.36. The summed E-state index contributed by atoms with van der Waals surface area (Å²) in [5.41, 5.74) is 3.60. The number of nitrogens with zero attached hydrogens (tertiary/aromatic N) is 1. The number of rotatable bonds is 4. The van der Waals surface area contributed by atoms with Crippen molar-refractivity contribution < 1.29 is 0 Å². The molecule has 1 heterocycles. The second-order valence-corrected chi connectivity index (χ2v) is 4.83. The van der Waals surface area contributed by atoms with Crippen LogP contribution in [-0.4, -0.2) is 24.5 Å². The molecule has 0 aromatic rings. The van der Waals surface area contributed by atoms with Gasteiger partial charge in [0.25, 0.3) is 0 Å². The van der Waals surface area contributed by atoms with Gasteiger partial charge in [0.2, 0.25) is 0 Å². The Balaban J connectivity index is 1.74. The van der Waals surface area contributed by atoms with Gasteiger partial charge in [0.15, 0.2) is 0 Å². The minimum atomic E-state index is 1.30. The fourth-order valence-electron chi connectivity index (χ4n) is 2.75. The summed E-state index contributed by atoms with van der Waals surface area (Å²) in [5, 5.41) is 0. The van der Waals surface area contributed by atoms with E-state index in [-0.39, 0.29) is 0 Å². The molecular weight excluding hydrogens is 170 g/mol. The first-order valence-corrected chi connectivity index (χ1v) is 6.32. The first-order valence-electron chi connectivity index (χ1n) is 6.32. The minimum absolute atomic E-state index is 1.30. The van der Waals surface area contributed by atoms with Gasteiger partial charge in [-0.1, -0.05) is 30.9 Å². The van der Waals surface area contributed by atoms with Crippen LogP contribution < -0.4 is 0 Å². The van der Waals surface area contributed by atoms with Gasteiger partial charge in [-0.15, -0.1) is 0 Å². The van der Waals surface area contributed by atoms with Crippen LogP contribution in [0.5, 0.6) is 0 Å². The summed E-state index contributed by atoms with van der Waals surface area (Å²) in [5.74, 6) is 0. The Morgan fingerprint density at radius 1 is 1.00 bits per heavy atom. The molecule has 14 heavy (non-hydrogen) atoms. The summed E-state index contributed by atoms with van der Waals surface area (Å²) in [4.78, 5) is 2.66. The predicted molar refractivity (Wildman–Crippen MR) is 61.5 cm³/mol. The van der Waals surface area contributed by atoms with Crippen molar-refractivity contribution in [3.05, 3.63) is 11.1 Å². The molecule has 0 radical (unpaired) electrons. The van der Waals surface area contributed by atoms with Crippen LogP contribution in [0.2, 0.25) is 0 Å². The topological polar surface area (TPSA) is 3.24 Å². The molecule has 80 valence electrons. The highest BCUT2D eigenvalue weighted by Crippen LogP contribution is 2.30. The first-order chi connectivity index (χ1) is 6.90. The molecule has 1 nitrogen and oxygen atoms in total. The Morgan fingerprint density at radius 2 is 1.64 bits per heavy atom. The minimum Gasteiger partial charge on any atom is -0.295 e. The monoisotopic (exact) mass is 193 g/mol. The largest absolute Gasteiger partial charge is 0.295 e. The Labute approximate surface area is 88.2 Å². The lowest BCUT2D eigenvalue weighted by Crippen LogP contribution is -2.22. The average molecular weight is 193 g/mol. The van der Waals surface area contributed by atoms with Crippen molar-refractivity contribution >= 4 is 0 Å². The normalized spacial score (nSPS) is 22.9. The van der Waals surface area contributed by atoms with E-state index in [2.05, 4.69) is 11.8 Å². The highest BCUT2D eigenvalue weighted by Gasteiger charge is 2.22. The molecule has 0 aromatic carbocycles. The van der Waals surface area contributed by atoms with Crippen LogP contribution in [0.1, 0.15) is 51.9 Å². The molecule has 2 aliphatic rings. The highest BCUT2D eigenvalue weighted by atomic mass is 15.1. The number of hydrogen-bond donors (Lipinski definition) is 0. The molecule has 1 aliphatic heterocycles. The van der Waals surface area contributed by atoms with E-state index in [0.717, 1.165) is 0 Å². The Bertz CT molecular complexity index is 199. The number of unbranched alkanes of at least 4 members (excludes halogenated alkanes) is 2. The molecule has 2 rings (SSSR count). The van der Waals surface area contributed by atoms with Crippen molar-refractivity contribution in [1.29, 1.82) is 0 Å². The maximum atomic E-state index is 2.66. The van der Waals surface area contributed by atoms with Crippen LogP contribution in [0.25, 0.3) is 0 Å². The second-order valence-electron chi connectivity index (χ2n) is 4.83. The van der Waals surface area contributed by atoms with Crippen LogP contribution >= 0.6 is 0 Å². The van der Waals surface area contributed by atoms with Gasteiger partial charge in [-0.25, -0.2) is 0 Å². The van der Waals surface area contributed by atoms with Crippen molar-refractivity contribution in [1.82, 2.24) is 4.90 Å². The van der Waals surface area contributed by atoms with Gasteiger partial charge < -0.3 is 0 Å². The van der Waals surface area contributed by atoms with E-state index in [9.17, 15) is 0 Å². The molecule has 0 spiro atoms. The van der Waals surface area contributed by atoms with E-state index < -0.39 is 0 Å². The molecule has 0 saturated heterocycles. The molecule has 0 fully saturated rings. The van der Waals surface area contributed by atoms with Crippen LogP contribution in [0.15, 0.2) is 11.1 Å². The molecule has 0 saturated carbocycles. The van der Waals surface area contributed by atoms with Crippen molar-refractivity contribution in [2.24, 2.45) is 0 Å². The molecule has 0 aromatic heterocycles. The van der Waals surface area contributed by atoms with Gasteiger partial charge in [-0.3, -0.25) is 4.90 Å². The van der Waals surface area contributed by atoms with E-state index in [0.29, 0.717) is 0 Å². The van der Waals surface area contributed by atoms with Crippen LogP contribution in [0.4, 0.5) is 0 Å². The molecule has 1 aliphatic carbocycles. The number of hydrogen-bond acceptors (Lipinski definition) is 1.